The quantitative estimate of drug-likeness (QED) is 0.568. The standard InChI is InChI=1S/C18H16N4OS/c1-11(15-7-4-10-24-15)19-22-18(23)17-14-9-8-12-5-2-3-6-13(12)16(14)20-21-17/h2-7,10H,8-9H2,1H3,(H,20,21)(H,22,23). The lowest BCUT2D eigenvalue weighted by atomic mass is 9.89. The molecule has 0 radical (unpaired) electrons. The summed E-state index contributed by atoms with van der Waals surface area (Å²) in [5.41, 5.74) is 8.14. The highest BCUT2D eigenvalue weighted by molar-refractivity contribution is 7.12. The summed E-state index contributed by atoms with van der Waals surface area (Å²) in [7, 11) is 0. The summed E-state index contributed by atoms with van der Waals surface area (Å²) in [5, 5.41) is 13.4. The van der Waals surface area contributed by atoms with Crippen molar-refractivity contribution in [1.29, 1.82) is 0 Å². The van der Waals surface area contributed by atoms with Crippen molar-refractivity contribution < 1.29 is 4.79 Å². The van der Waals surface area contributed by atoms with Crippen molar-refractivity contribution >= 4 is 23.0 Å². The van der Waals surface area contributed by atoms with E-state index in [1.165, 1.54) is 5.56 Å². The van der Waals surface area contributed by atoms with Crippen LogP contribution < -0.4 is 5.43 Å². The minimum absolute atomic E-state index is 0.251. The van der Waals surface area contributed by atoms with E-state index >= 15 is 0 Å². The number of aromatic amines is 1. The van der Waals surface area contributed by atoms with E-state index in [0.717, 1.165) is 40.3 Å². The Labute approximate surface area is 143 Å². The van der Waals surface area contributed by atoms with Crippen molar-refractivity contribution in [2.45, 2.75) is 19.8 Å². The van der Waals surface area contributed by atoms with E-state index in [-0.39, 0.29) is 5.91 Å². The van der Waals surface area contributed by atoms with Gasteiger partial charge in [0.1, 0.15) is 5.69 Å². The molecule has 1 aromatic carbocycles. The lowest BCUT2D eigenvalue weighted by molar-refractivity contribution is 0.0949. The molecule has 1 aliphatic carbocycles. The summed E-state index contributed by atoms with van der Waals surface area (Å²) < 4.78 is 0. The molecule has 0 unspecified atom stereocenters. The van der Waals surface area contributed by atoms with Crippen LogP contribution in [0.4, 0.5) is 0 Å². The molecule has 120 valence electrons. The normalized spacial score (nSPS) is 13.3. The molecule has 2 N–H and O–H groups in total. The van der Waals surface area contributed by atoms with Crippen LogP contribution in [0.25, 0.3) is 11.3 Å². The highest BCUT2D eigenvalue weighted by Crippen LogP contribution is 2.33. The molecule has 5 nitrogen and oxygen atoms in total. The molecule has 1 amide bonds. The summed E-state index contributed by atoms with van der Waals surface area (Å²) in [6.45, 7) is 1.88. The second kappa shape index (κ2) is 6.05. The molecule has 0 saturated carbocycles. The highest BCUT2D eigenvalue weighted by Gasteiger charge is 2.24. The average molecular weight is 336 g/mol. The molecule has 0 atom stereocenters. The van der Waals surface area contributed by atoms with Crippen LogP contribution in [0.3, 0.4) is 0 Å². The first-order chi connectivity index (χ1) is 11.7. The van der Waals surface area contributed by atoms with Crippen LogP contribution >= 0.6 is 11.3 Å². The minimum Gasteiger partial charge on any atom is -0.272 e. The molecule has 0 saturated heterocycles. The number of thiophene rings is 1. The van der Waals surface area contributed by atoms with E-state index in [0.29, 0.717) is 5.69 Å². The van der Waals surface area contributed by atoms with E-state index in [4.69, 9.17) is 0 Å². The second-order valence-corrected chi connectivity index (χ2v) is 6.65. The topological polar surface area (TPSA) is 70.1 Å². The number of benzene rings is 1. The number of nitrogens with zero attached hydrogens (tertiary/aromatic N) is 2. The summed E-state index contributed by atoms with van der Waals surface area (Å²) in [5.74, 6) is -0.251. The second-order valence-electron chi connectivity index (χ2n) is 5.70. The Morgan fingerprint density at radius 1 is 1.25 bits per heavy atom. The maximum absolute atomic E-state index is 12.5. The van der Waals surface area contributed by atoms with Gasteiger partial charge in [-0.15, -0.1) is 11.3 Å². The minimum atomic E-state index is -0.251. The molecule has 0 aliphatic heterocycles. The zero-order valence-corrected chi connectivity index (χ0v) is 14.0. The van der Waals surface area contributed by atoms with Crippen molar-refractivity contribution in [2.75, 3.05) is 0 Å². The zero-order valence-electron chi connectivity index (χ0n) is 13.2. The number of hydrogen-bond acceptors (Lipinski definition) is 4. The Morgan fingerprint density at radius 3 is 2.96 bits per heavy atom. The first-order valence-electron chi connectivity index (χ1n) is 7.78. The first-order valence-corrected chi connectivity index (χ1v) is 8.66. The number of aromatic nitrogens is 2. The van der Waals surface area contributed by atoms with E-state index < -0.39 is 0 Å². The van der Waals surface area contributed by atoms with Gasteiger partial charge < -0.3 is 0 Å². The summed E-state index contributed by atoms with van der Waals surface area (Å²) in [6, 6.07) is 12.1. The van der Waals surface area contributed by atoms with Crippen LogP contribution in [0, 0.1) is 0 Å². The number of H-pyrrole nitrogens is 1. The third-order valence-electron chi connectivity index (χ3n) is 4.21. The molecule has 24 heavy (non-hydrogen) atoms. The maximum Gasteiger partial charge on any atom is 0.289 e. The Balaban J connectivity index is 1.59. The van der Waals surface area contributed by atoms with Gasteiger partial charge in [0.25, 0.3) is 5.91 Å². The first kappa shape index (κ1) is 14.8. The molecule has 0 bridgehead atoms. The molecule has 6 heteroatoms. The fourth-order valence-electron chi connectivity index (χ4n) is 2.98. The van der Waals surface area contributed by atoms with Crippen molar-refractivity contribution in [3.05, 3.63) is 63.5 Å². The Morgan fingerprint density at radius 2 is 2.12 bits per heavy atom. The smallest absolute Gasteiger partial charge is 0.272 e. The molecule has 0 spiro atoms. The predicted octanol–water partition coefficient (Wildman–Crippen LogP) is 3.39. The SMILES string of the molecule is CC(=NNC(=O)c1[nH]nc2c1CCc1ccccc1-2)c1cccs1. The Hall–Kier alpha value is -2.73. The molecule has 2 heterocycles. The summed E-state index contributed by atoms with van der Waals surface area (Å²) >= 11 is 1.59. The largest absolute Gasteiger partial charge is 0.289 e. The lowest BCUT2D eigenvalue weighted by Crippen LogP contribution is -2.21. The van der Waals surface area contributed by atoms with Crippen LogP contribution in [0.15, 0.2) is 46.9 Å². The van der Waals surface area contributed by atoms with Gasteiger partial charge in [-0.1, -0.05) is 30.3 Å². The molecule has 0 fully saturated rings. The van der Waals surface area contributed by atoms with Crippen molar-refractivity contribution in [3.8, 4) is 11.3 Å². The summed E-state index contributed by atoms with van der Waals surface area (Å²) in [4.78, 5) is 13.5. The number of hydrazone groups is 1. The molecule has 1 aliphatic rings. The van der Waals surface area contributed by atoms with E-state index in [1.54, 1.807) is 11.3 Å². The van der Waals surface area contributed by atoms with Crippen LogP contribution in [0.1, 0.15) is 33.4 Å². The number of aryl methyl sites for hydroxylation is 1. The van der Waals surface area contributed by atoms with E-state index in [9.17, 15) is 4.79 Å². The van der Waals surface area contributed by atoms with E-state index in [1.807, 2.05) is 36.6 Å². The average Bonchev–Trinajstić information content (AvgIpc) is 3.28. The van der Waals surface area contributed by atoms with Crippen LogP contribution in [0.5, 0.6) is 0 Å². The molecule has 2 aromatic heterocycles. The lowest BCUT2D eigenvalue weighted by Gasteiger charge is -2.15. The molecular formula is C18H16N4OS. The van der Waals surface area contributed by atoms with Crippen LogP contribution in [-0.4, -0.2) is 21.8 Å². The molecular weight excluding hydrogens is 320 g/mol. The van der Waals surface area contributed by atoms with Crippen molar-refractivity contribution in [1.82, 2.24) is 15.6 Å². The highest BCUT2D eigenvalue weighted by atomic mass is 32.1. The van der Waals surface area contributed by atoms with Crippen molar-refractivity contribution in [2.24, 2.45) is 5.10 Å². The Bertz CT molecular complexity index is 924. The van der Waals surface area contributed by atoms with Gasteiger partial charge >= 0.3 is 0 Å². The van der Waals surface area contributed by atoms with E-state index in [2.05, 4.69) is 32.9 Å². The number of fused-ring (bicyclic) bond motifs is 3. The van der Waals surface area contributed by atoms with Gasteiger partial charge in [-0.05, 0) is 36.8 Å². The molecule has 4 rings (SSSR count). The molecule has 3 aromatic rings. The number of rotatable bonds is 3. The Kier molecular flexibility index (Phi) is 3.74. The van der Waals surface area contributed by atoms with Gasteiger partial charge in [0.15, 0.2) is 0 Å². The maximum atomic E-state index is 12.5. The van der Waals surface area contributed by atoms with Gasteiger partial charge in [0.2, 0.25) is 0 Å². The van der Waals surface area contributed by atoms with Crippen LogP contribution in [0.2, 0.25) is 0 Å². The third kappa shape index (κ3) is 2.55. The van der Waals surface area contributed by atoms with Crippen molar-refractivity contribution in [3.63, 3.8) is 0 Å². The van der Waals surface area contributed by atoms with Gasteiger partial charge in [-0.25, -0.2) is 5.43 Å². The van der Waals surface area contributed by atoms with Gasteiger partial charge in [-0.3, -0.25) is 9.89 Å². The zero-order chi connectivity index (χ0) is 16.5. The van der Waals surface area contributed by atoms with Crippen LogP contribution in [-0.2, 0) is 12.8 Å². The number of amides is 1. The fourth-order valence-corrected chi connectivity index (χ4v) is 3.66. The predicted molar refractivity (Wildman–Crippen MR) is 95.4 cm³/mol. The number of nitrogens with one attached hydrogen (secondary N) is 2. The van der Waals surface area contributed by atoms with Gasteiger partial charge in [0, 0.05) is 16.0 Å². The monoisotopic (exact) mass is 336 g/mol. The fraction of sp³-hybridized carbons (Fsp3) is 0.167. The third-order valence-corrected chi connectivity index (χ3v) is 5.19. The van der Waals surface area contributed by atoms with Gasteiger partial charge in [0.05, 0.1) is 11.4 Å². The number of carbonyl (C=O) groups is 1. The summed E-state index contributed by atoms with van der Waals surface area (Å²) in [6.07, 6.45) is 1.72. The number of carbonyl (C=O) groups excluding carboxylic acids is 1. The van der Waals surface area contributed by atoms with Gasteiger partial charge in [-0.2, -0.15) is 10.2 Å². The number of hydrogen-bond donors (Lipinski definition) is 2.